The number of anilines is 3. The monoisotopic (exact) mass is 521 g/mol. The van der Waals surface area contributed by atoms with Crippen LogP contribution in [0.15, 0.2) is 71.6 Å². The number of carbonyl (C=O) groups excluding carboxylic acids is 1. The van der Waals surface area contributed by atoms with Gasteiger partial charge in [-0.25, -0.2) is 16.8 Å². The van der Waals surface area contributed by atoms with E-state index in [0.717, 1.165) is 16.1 Å². The van der Waals surface area contributed by atoms with Crippen LogP contribution in [0.2, 0.25) is 5.02 Å². The highest BCUT2D eigenvalue weighted by atomic mass is 35.5. The lowest BCUT2D eigenvalue weighted by Crippen LogP contribution is -2.37. The number of benzene rings is 3. The molecule has 0 aromatic heterocycles. The molecule has 0 saturated carbocycles. The van der Waals surface area contributed by atoms with Gasteiger partial charge in [-0.3, -0.25) is 13.8 Å². The molecule has 11 heteroatoms. The average Bonchev–Trinajstić information content (AvgIpc) is 2.75. The van der Waals surface area contributed by atoms with E-state index in [0.29, 0.717) is 27.6 Å². The van der Waals surface area contributed by atoms with Crippen LogP contribution in [0.25, 0.3) is 0 Å². The minimum atomic E-state index is -3.85. The molecule has 180 valence electrons. The Hall–Kier alpha value is -3.08. The highest BCUT2D eigenvalue weighted by Gasteiger charge is 2.23. The van der Waals surface area contributed by atoms with Crippen molar-refractivity contribution in [3.8, 4) is 0 Å². The molecule has 34 heavy (non-hydrogen) atoms. The number of hydrogen-bond donors (Lipinski definition) is 2. The Morgan fingerprint density at radius 2 is 1.47 bits per heavy atom. The van der Waals surface area contributed by atoms with E-state index in [-0.39, 0.29) is 4.90 Å². The molecule has 0 unspecified atom stereocenters. The van der Waals surface area contributed by atoms with Gasteiger partial charge < -0.3 is 5.32 Å². The molecule has 0 aliphatic carbocycles. The van der Waals surface area contributed by atoms with Gasteiger partial charge in [-0.05, 0) is 79.6 Å². The molecule has 0 spiro atoms. The van der Waals surface area contributed by atoms with Crippen molar-refractivity contribution in [2.75, 3.05) is 27.1 Å². The van der Waals surface area contributed by atoms with E-state index in [1.807, 2.05) is 13.0 Å². The first-order chi connectivity index (χ1) is 15.8. The Morgan fingerprint density at radius 1 is 0.882 bits per heavy atom. The predicted molar refractivity (Wildman–Crippen MR) is 135 cm³/mol. The molecule has 0 aliphatic rings. The van der Waals surface area contributed by atoms with Crippen molar-refractivity contribution in [1.29, 1.82) is 0 Å². The van der Waals surface area contributed by atoms with Gasteiger partial charge in [0.05, 0.1) is 16.8 Å². The molecular formula is C23H24ClN3O5S2. The van der Waals surface area contributed by atoms with Crippen LogP contribution in [0.4, 0.5) is 17.1 Å². The van der Waals surface area contributed by atoms with Crippen LogP contribution in [-0.4, -0.2) is 35.5 Å². The zero-order valence-electron chi connectivity index (χ0n) is 18.7. The van der Waals surface area contributed by atoms with Gasteiger partial charge in [-0.1, -0.05) is 23.7 Å². The summed E-state index contributed by atoms with van der Waals surface area (Å²) in [4.78, 5) is 12.6. The fraction of sp³-hybridized carbons (Fsp3) is 0.174. The molecule has 0 bridgehead atoms. The standard InChI is InChI=1S/C23H24ClN3O5S2/c1-16-4-5-17(2)22(14-16)27(33(3,29)30)15-23(28)25-19-10-12-21(13-11-19)34(31,32)26-20-8-6-18(24)7-9-20/h4-14,26H,15H2,1-3H3,(H,25,28). The van der Waals surface area contributed by atoms with Gasteiger partial charge in [0.15, 0.2) is 0 Å². The summed E-state index contributed by atoms with van der Waals surface area (Å²) in [6, 6.07) is 17.1. The second kappa shape index (κ2) is 10.0. The Morgan fingerprint density at radius 3 is 2.06 bits per heavy atom. The number of rotatable bonds is 8. The summed E-state index contributed by atoms with van der Waals surface area (Å²) in [6.45, 7) is 3.17. The summed E-state index contributed by atoms with van der Waals surface area (Å²) in [7, 11) is -7.57. The molecule has 1 amide bonds. The number of carbonyl (C=O) groups is 1. The van der Waals surface area contributed by atoms with Crippen molar-refractivity contribution < 1.29 is 21.6 Å². The maximum absolute atomic E-state index is 12.6. The third-order valence-corrected chi connectivity index (χ3v) is 7.64. The maximum Gasteiger partial charge on any atom is 0.261 e. The van der Waals surface area contributed by atoms with Crippen molar-refractivity contribution in [3.63, 3.8) is 0 Å². The maximum atomic E-state index is 12.6. The molecule has 0 radical (unpaired) electrons. The quantitative estimate of drug-likeness (QED) is 0.462. The fourth-order valence-corrected chi connectivity index (χ4v) is 5.24. The lowest BCUT2D eigenvalue weighted by atomic mass is 10.1. The lowest BCUT2D eigenvalue weighted by Gasteiger charge is -2.24. The van der Waals surface area contributed by atoms with Gasteiger partial charge in [0.1, 0.15) is 6.54 Å². The highest BCUT2D eigenvalue weighted by Crippen LogP contribution is 2.24. The third-order valence-electron chi connectivity index (χ3n) is 4.87. The normalized spacial score (nSPS) is 11.6. The first-order valence-corrected chi connectivity index (χ1v) is 13.8. The summed E-state index contributed by atoms with van der Waals surface area (Å²) in [5, 5.41) is 3.09. The molecule has 2 N–H and O–H groups in total. The smallest absolute Gasteiger partial charge is 0.261 e. The zero-order valence-corrected chi connectivity index (χ0v) is 21.1. The largest absolute Gasteiger partial charge is 0.325 e. The topological polar surface area (TPSA) is 113 Å². The van der Waals surface area contributed by atoms with Crippen LogP contribution in [0.5, 0.6) is 0 Å². The van der Waals surface area contributed by atoms with Crippen LogP contribution in [0.3, 0.4) is 0 Å². The number of halogens is 1. The van der Waals surface area contributed by atoms with Crippen LogP contribution in [-0.2, 0) is 24.8 Å². The van der Waals surface area contributed by atoms with Gasteiger partial charge in [0.2, 0.25) is 15.9 Å². The molecule has 0 fully saturated rings. The molecule has 0 atom stereocenters. The molecule has 0 saturated heterocycles. The van der Waals surface area contributed by atoms with Crippen LogP contribution >= 0.6 is 11.6 Å². The Labute approximate surface area is 204 Å². The summed E-state index contributed by atoms with van der Waals surface area (Å²) in [5.41, 5.74) is 2.68. The Bertz CT molecular complexity index is 1410. The van der Waals surface area contributed by atoms with E-state index in [4.69, 9.17) is 11.6 Å². The van der Waals surface area contributed by atoms with Crippen molar-refractivity contribution >= 4 is 54.6 Å². The van der Waals surface area contributed by atoms with Gasteiger partial charge >= 0.3 is 0 Å². The molecule has 3 aromatic carbocycles. The van der Waals surface area contributed by atoms with Crippen LogP contribution in [0, 0.1) is 13.8 Å². The van der Waals surface area contributed by atoms with Gasteiger partial charge in [0, 0.05) is 16.4 Å². The Kier molecular flexibility index (Phi) is 7.54. The first-order valence-electron chi connectivity index (χ1n) is 10.1. The van der Waals surface area contributed by atoms with E-state index < -0.39 is 32.5 Å². The summed E-state index contributed by atoms with van der Waals surface area (Å²) in [6.07, 6.45) is 1.04. The molecule has 3 aromatic rings. The number of hydrogen-bond acceptors (Lipinski definition) is 5. The van der Waals surface area contributed by atoms with E-state index in [9.17, 15) is 21.6 Å². The third kappa shape index (κ3) is 6.49. The second-order valence-corrected chi connectivity index (χ2v) is 11.8. The fourth-order valence-electron chi connectivity index (χ4n) is 3.15. The van der Waals surface area contributed by atoms with Crippen molar-refractivity contribution in [2.45, 2.75) is 18.7 Å². The number of nitrogens with one attached hydrogen (secondary N) is 2. The lowest BCUT2D eigenvalue weighted by molar-refractivity contribution is -0.114. The summed E-state index contributed by atoms with van der Waals surface area (Å²) >= 11 is 5.82. The van der Waals surface area contributed by atoms with Crippen molar-refractivity contribution in [3.05, 3.63) is 82.9 Å². The summed E-state index contributed by atoms with van der Waals surface area (Å²) in [5.74, 6) is -0.568. The summed E-state index contributed by atoms with van der Waals surface area (Å²) < 4.78 is 53.4. The van der Waals surface area contributed by atoms with Crippen LogP contribution < -0.4 is 14.3 Å². The molecule has 3 rings (SSSR count). The van der Waals surface area contributed by atoms with Crippen LogP contribution in [0.1, 0.15) is 11.1 Å². The van der Waals surface area contributed by atoms with E-state index in [1.54, 1.807) is 31.2 Å². The molecular weight excluding hydrogens is 498 g/mol. The minimum Gasteiger partial charge on any atom is -0.325 e. The van der Waals surface area contributed by atoms with Crippen molar-refractivity contribution in [2.24, 2.45) is 0 Å². The predicted octanol–water partition coefficient (Wildman–Crippen LogP) is 4.16. The zero-order chi connectivity index (χ0) is 25.1. The molecule has 0 heterocycles. The van der Waals surface area contributed by atoms with E-state index in [1.165, 1.54) is 36.4 Å². The van der Waals surface area contributed by atoms with Gasteiger partial charge in [-0.15, -0.1) is 0 Å². The molecule has 0 aliphatic heterocycles. The molecule has 8 nitrogen and oxygen atoms in total. The van der Waals surface area contributed by atoms with E-state index >= 15 is 0 Å². The minimum absolute atomic E-state index is 0.00593. The number of nitrogens with zero attached hydrogens (tertiary/aromatic N) is 1. The van der Waals surface area contributed by atoms with Gasteiger partial charge in [0.25, 0.3) is 10.0 Å². The number of aryl methyl sites for hydroxylation is 2. The number of amides is 1. The number of sulfonamides is 2. The average molecular weight is 522 g/mol. The highest BCUT2D eigenvalue weighted by molar-refractivity contribution is 7.92. The van der Waals surface area contributed by atoms with Crippen molar-refractivity contribution in [1.82, 2.24) is 0 Å². The van der Waals surface area contributed by atoms with Gasteiger partial charge in [-0.2, -0.15) is 0 Å². The second-order valence-electron chi connectivity index (χ2n) is 7.74. The van der Waals surface area contributed by atoms with E-state index in [2.05, 4.69) is 10.0 Å². The first kappa shape index (κ1) is 25.5. The SMILES string of the molecule is Cc1ccc(C)c(N(CC(=O)Nc2ccc(S(=O)(=O)Nc3ccc(Cl)cc3)cc2)S(C)(=O)=O)c1. The Balaban J connectivity index is 1.73.